The molecule has 0 spiro atoms. The normalized spacial score (nSPS) is 15.0. The second-order valence-corrected chi connectivity index (χ2v) is 7.41. The highest BCUT2D eigenvalue weighted by molar-refractivity contribution is 7.92. The van der Waals surface area contributed by atoms with Gasteiger partial charge in [-0.05, 0) is 47.9 Å². The van der Waals surface area contributed by atoms with E-state index in [0.717, 1.165) is 24.0 Å². The summed E-state index contributed by atoms with van der Waals surface area (Å²) in [6.07, 6.45) is 6.69. The smallest absolute Gasteiger partial charge is 0.262 e. The fourth-order valence-corrected chi connectivity index (χ4v) is 3.35. The van der Waals surface area contributed by atoms with Crippen molar-refractivity contribution in [3.63, 3.8) is 0 Å². The largest absolute Gasteiger partial charge is 0.280 e. The van der Waals surface area contributed by atoms with E-state index in [1.165, 1.54) is 18.6 Å². The molecule has 0 atom stereocenters. The van der Waals surface area contributed by atoms with Gasteiger partial charge in [0.05, 0.1) is 0 Å². The van der Waals surface area contributed by atoms with Crippen LogP contribution in [-0.4, -0.2) is 23.4 Å². The third kappa shape index (κ3) is 3.09. The van der Waals surface area contributed by atoms with E-state index < -0.39 is 10.0 Å². The molecule has 0 amide bonds. The highest BCUT2D eigenvalue weighted by Gasteiger charge is 2.29. The molecule has 1 saturated carbocycles. The molecule has 3 rings (SSSR count). The van der Waals surface area contributed by atoms with Crippen molar-refractivity contribution in [3.05, 3.63) is 42.0 Å². The number of hydrogen-bond donors (Lipinski definition) is 1. The minimum Gasteiger partial charge on any atom is -0.262 e. The third-order valence-corrected chi connectivity index (χ3v) is 4.93. The maximum atomic E-state index is 12.4. The van der Waals surface area contributed by atoms with Gasteiger partial charge in [-0.15, -0.1) is 0 Å². The number of sulfonamides is 1. The van der Waals surface area contributed by atoms with Crippen molar-refractivity contribution >= 4 is 15.8 Å². The Balaban J connectivity index is 1.95. The minimum atomic E-state index is -3.74. The highest BCUT2D eigenvalue weighted by atomic mass is 32.2. The van der Waals surface area contributed by atoms with Gasteiger partial charge in [-0.3, -0.25) is 4.72 Å². The summed E-state index contributed by atoms with van der Waals surface area (Å²) in [5.41, 5.74) is 2.23. The van der Waals surface area contributed by atoms with Crippen LogP contribution in [0.1, 0.15) is 49.7 Å². The molecule has 0 bridgehead atoms. The van der Waals surface area contributed by atoms with Crippen LogP contribution >= 0.6 is 0 Å². The third-order valence-electron chi connectivity index (χ3n) is 3.68. The first-order chi connectivity index (χ1) is 10.5. The van der Waals surface area contributed by atoms with Gasteiger partial charge in [-0.1, -0.05) is 13.8 Å². The van der Waals surface area contributed by atoms with Crippen LogP contribution in [-0.2, 0) is 10.0 Å². The Labute approximate surface area is 130 Å². The van der Waals surface area contributed by atoms with Crippen LogP contribution in [0.15, 0.2) is 35.9 Å². The fourth-order valence-electron chi connectivity index (χ4n) is 2.38. The summed E-state index contributed by atoms with van der Waals surface area (Å²) in [4.78, 5) is 11.8. The van der Waals surface area contributed by atoms with Crippen LogP contribution in [0.3, 0.4) is 0 Å². The molecular weight excluding hydrogens is 300 g/mol. The molecule has 0 radical (unpaired) electrons. The van der Waals surface area contributed by atoms with Gasteiger partial charge in [0, 0.05) is 12.4 Å². The second-order valence-electron chi connectivity index (χ2n) is 5.78. The Morgan fingerprint density at radius 3 is 2.64 bits per heavy atom. The summed E-state index contributed by atoms with van der Waals surface area (Å²) in [6, 6.07) is 3.21. The second kappa shape index (κ2) is 5.64. The summed E-state index contributed by atoms with van der Waals surface area (Å²) in [6.45, 7) is 4.19. The van der Waals surface area contributed by atoms with Crippen molar-refractivity contribution in [2.45, 2.75) is 43.6 Å². The molecule has 6 nitrogen and oxygen atoms in total. The van der Waals surface area contributed by atoms with E-state index in [2.05, 4.69) is 33.5 Å². The zero-order chi connectivity index (χ0) is 15.7. The maximum absolute atomic E-state index is 12.4. The van der Waals surface area contributed by atoms with Gasteiger partial charge in [-0.25, -0.2) is 15.0 Å². The molecule has 1 N–H and O–H groups in total. The number of anilines is 1. The van der Waals surface area contributed by atoms with Crippen molar-refractivity contribution in [2.24, 2.45) is 0 Å². The van der Waals surface area contributed by atoms with Crippen LogP contribution in [0.5, 0.6) is 0 Å². The Morgan fingerprint density at radius 2 is 2.05 bits per heavy atom. The van der Waals surface area contributed by atoms with Crippen molar-refractivity contribution in [2.75, 3.05) is 4.72 Å². The van der Waals surface area contributed by atoms with E-state index in [0.29, 0.717) is 11.8 Å². The minimum absolute atomic E-state index is 0.0393. The first-order valence-corrected chi connectivity index (χ1v) is 8.74. The Kier molecular flexibility index (Phi) is 3.82. The van der Waals surface area contributed by atoms with Gasteiger partial charge in [0.15, 0.2) is 5.03 Å². The first-order valence-electron chi connectivity index (χ1n) is 7.26. The summed E-state index contributed by atoms with van der Waals surface area (Å²) >= 11 is 0. The van der Waals surface area contributed by atoms with Gasteiger partial charge in [-0.2, -0.15) is 8.42 Å². The Morgan fingerprint density at radius 1 is 1.27 bits per heavy atom. The summed E-state index contributed by atoms with van der Waals surface area (Å²) < 4.78 is 27.3. The standard InChI is InChI=1S/C15H18N4O2S/c1-10(2)13-8-17-15(7-12(13)11-3-4-11)22(20,21)19-14-5-6-16-9-18-14/h5-11H,3-4H2,1-2H3,(H,16,18,19). The molecule has 0 aromatic carbocycles. The fraction of sp³-hybridized carbons (Fsp3) is 0.400. The van der Waals surface area contributed by atoms with E-state index in [1.54, 1.807) is 12.3 Å². The summed E-state index contributed by atoms with van der Waals surface area (Å²) in [5.74, 6) is 1.03. The van der Waals surface area contributed by atoms with Gasteiger partial charge in [0.1, 0.15) is 12.1 Å². The number of pyridine rings is 1. The van der Waals surface area contributed by atoms with Gasteiger partial charge in [0.25, 0.3) is 10.0 Å². The quantitative estimate of drug-likeness (QED) is 0.916. The average Bonchev–Trinajstić information content (AvgIpc) is 3.31. The van der Waals surface area contributed by atoms with E-state index in [4.69, 9.17) is 0 Å². The number of nitrogens with zero attached hydrogens (tertiary/aromatic N) is 3. The molecule has 22 heavy (non-hydrogen) atoms. The van der Waals surface area contributed by atoms with E-state index >= 15 is 0 Å². The molecule has 1 fully saturated rings. The molecule has 1 aliphatic rings. The topological polar surface area (TPSA) is 84.8 Å². The predicted octanol–water partition coefficient (Wildman–Crippen LogP) is 2.67. The zero-order valence-electron chi connectivity index (χ0n) is 12.5. The van der Waals surface area contributed by atoms with Crippen LogP contribution in [0.25, 0.3) is 0 Å². The van der Waals surface area contributed by atoms with E-state index in [9.17, 15) is 8.42 Å². The number of aromatic nitrogens is 3. The summed E-state index contributed by atoms with van der Waals surface area (Å²) in [5, 5.41) is 0.0393. The number of rotatable bonds is 5. The molecule has 2 heterocycles. The lowest BCUT2D eigenvalue weighted by atomic mass is 9.97. The lowest BCUT2D eigenvalue weighted by Crippen LogP contribution is -2.16. The van der Waals surface area contributed by atoms with Crippen LogP contribution in [0.4, 0.5) is 5.82 Å². The van der Waals surface area contributed by atoms with Gasteiger partial charge >= 0.3 is 0 Å². The van der Waals surface area contributed by atoms with E-state index in [1.807, 2.05) is 0 Å². The molecule has 1 aliphatic carbocycles. The van der Waals surface area contributed by atoms with Gasteiger partial charge < -0.3 is 0 Å². The van der Waals surface area contributed by atoms with Crippen molar-refractivity contribution in [1.82, 2.24) is 15.0 Å². The molecule has 0 unspecified atom stereocenters. The van der Waals surface area contributed by atoms with Crippen molar-refractivity contribution in [3.8, 4) is 0 Å². The molecule has 2 aromatic heterocycles. The lowest BCUT2D eigenvalue weighted by Gasteiger charge is -2.14. The van der Waals surface area contributed by atoms with E-state index in [-0.39, 0.29) is 10.8 Å². The number of nitrogens with one attached hydrogen (secondary N) is 1. The predicted molar refractivity (Wildman–Crippen MR) is 83.1 cm³/mol. The molecule has 0 saturated heterocycles. The molecule has 2 aromatic rings. The maximum Gasteiger partial charge on any atom is 0.280 e. The molecule has 0 aliphatic heterocycles. The van der Waals surface area contributed by atoms with Crippen LogP contribution in [0, 0.1) is 0 Å². The Hall–Kier alpha value is -2.02. The highest BCUT2D eigenvalue weighted by Crippen LogP contribution is 2.43. The number of hydrogen-bond acceptors (Lipinski definition) is 5. The van der Waals surface area contributed by atoms with Crippen molar-refractivity contribution in [1.29, 1.82) is 0 Å². The Bertz CT molecular complexity index is 771. The van der Waals surface area contributed by atoms with Gasteiger partial charge in [0.2, 0.25) is 0 Å². The SMILES string of the molecule is CC(C)c1cnc(S(=O)(=O)Nc2ccncn2)cc1C1CC1. The average molecular weight is 318 g/mol. The van der Waals surface area contributed by atoms with Crippen molar-refractivity contribution < 1.29 is 8.42 Å². The lowest BCUT2D eigenvalue weighted by molar-refractivity contribution is 0.596. The van der Waals surface area contributed by atoms with Crippen LogP contribution in [0.2, 0.25) is 0 Å². The molecular formula is C15H18N4O2S. The monoisotopic (exact) mass is 318 g/mol. The summed E-state index contributed by atoms with van der Waals surface area (Å²) in [7, 11) is -3.74. The molecule has 7 heteroatoms. The first kappa shape index (κ1) is 14.9. The molecule has 116 valence electrons. The van der Waals surface area contributed by atoms with Crippen LogP contribution < -0.4 is 4.72 Å². The zero-order valence-corrected chi connectivity index (χ0v) is 13.3.